The Hall–Kier alpha value is -0.370. The number of hydrogen-bond donors (Lipinski definition) is 2. The summed E-state index contributed by atoms with van der Waals surface area (Å²) in [5.41, 5.74) is 5.71. The molecular weight excluding hydrogens is 347 g/mol. The first-order valence-electron chi connectivity index (χ1n) is 5.53. The molecular formula is C11H21IN4S. The van der Waals surface area contributed by atoms with E-state index >= 15 is 0 Å². The summed E-state index contributed by atoms with van der Waals surface area (Å²) in [4.78, 5) is 9.76. The van der Waals surface area contributed by atoms with Crippen LogP contribution in [0.2, 0.25) is 0 Å². The Morgan fingerprint density at radius 2 is 2.29 bits per heavy atom. The molecule has 1 heterocycles. The molecule has 0 bridgehead atoms. The van der Waals surface area contributed by atoms with Crippen LogP contribution in [0.15, 0.2) is 11.2 Å². The minimum Gasteiger partial charge on any atom is -0.370 e. The standard InChI is InChI=1S/C11H20N4S.HI/c1-8(2)6-15-11(12)13-5-4-10-14-7-9(3)16-10;/h7-8H,4-6H2,1-3H3,(H3,12,13,15);1H. The number of rotatable bonds is 5. The molecule has 0 amide bonds. The summed E-state index contributed by atoms with van der Waals surface area (Å²) in [6.07, 6.45) is 2.80. The second-order valence-electron chi connectivity index (χ2n) is 4.16. The van der Waals surface area contributed by atoms with Gasteiger partial charge in [-0.25, -0.2) is 4.98 Å². The largest absolute Gasteiger partial charge is 0.370 e. The van der Waals surface area contributed by atoms with Crippen LogP contribution in [0.1, 0.15) is 23.7 Å². The van der Waals surface area contributed by atoms with Gasteiger partial charge in [0, 0.05) is 30.6 Å². The van der Waals surface area contributed by atoms with Gasteiger partial charge in [0.2, 0.25) is 0 Å². The second-order valence-corrected chi connectivity index (χ2v) is 5.48. The fraction of sp³-hybridized carbons (Fsp3) is 0.636. The third kappa shape index (κ3) is 7.54. The Bertz CT molecular complexity index is 349. The van der Waals surface area contributed by atoms with E-state index in [9.17, 15) is 0 Å². The Kier molecular flexibility index (Phi) is 8.49. The van der Waals surface area contributed by atoms with Crippen LogP contribution in [0.3, 0.4) is 0 Å². The number of guanidine groups is 1. The highest BCUT2D eigenvalue weighted by Gasteiger charge is 1.99. The minimum absolute atomic E-state index is 0. The quantitative estimate of drug-likeness (QED) is 0.476. The summed E-state index contributed by atoms with van der Waals surface area (Å²) in [5.74, 6) is 1.07. The second kappa shape index (κ2) is 8.68. The molecule has 17 heavy (non-hydrogen) atoms. The highest BCUT2D eigenvalue weighted by Crippen LogP contribution is 2.10. The van der Waals surface area contributed by atoms with Crippen LogP contribution in [0.4, 0.5) is 0 Å². The maximum atomic E-state index is 5.71. The van der Waals surface area contributed by atoms with E-state index in [0.29, 0.717) is 11.9 Å². The van der Waals surface area contributed by atoms with Gasteiger partial charge in [-0.1, -0.05) is 13.8 Å². The van der Waals surface area contributed by atoms with Crippen molar-refractivity contribution in [3.8, 4) is 0 Å². The normalized spacial score (nSPS) is 11.4. The van der Waals surface area contributed by atoms with Crippen molar-refractivity contribution in [1.29, 1.82) is 0 Å². The van der Waals surface area contributed by atoms with E-state index < -0.39 is 0 Å². The van der Waals surface area contributed by atoms with Gasteiger partial charge < -0.3 is 11.1 Å². The highest BCUT2D eigenvalue weighted by molar-refractivity contribution is 14.0. The van der Waals surface area contributed by atoms with Gasteiger partial charge >= 0.3 is 0 Å². The predicted molar refractivity (Wildman–Crippen MR) is 85.3 cm³/mol. The summed E-state index contributed by atoms with van der Waals surface area (Å²) < 4.78 is 0. The molecule has 6 heteroatoms. The molecule has 98 valence electrons. The molecule has 3 N–H and O–H groups in total. The smallest absolute Gasteiger partial charge is 0.188 e. The van der Waals surface area contributed by atoms with E-state index in [1.165, 1.54) is 4.88 Å². The van der Waals surface area contributed by atoms with Crippen molar-refractivity contribution >= 4 is 41.3 Å². The van der Waals surface area contributed by atoms with Gasteiger partial charge in [-0.15, -0.1) is 35.3 Å². The average molecular weight is 368 g/mol. The van der Waals surface area contributed by atoms with E-state index in [1.54, 1.807) is 11.3 Å². The fourth-order valence-electron chi connectivity index (χ4n) is 1.15. The number of hydrogen-bond acceptors (Lipinski definition) is 3. The fourth-order valence-corrected chi connectivity index (χ4v) is 1.94. The van der Waals surface area contributed by atoms with Gasteiger partial charge in [0.05, 0.1) is 5.01 Å². The maximum Gasteiger partial charge on any atom is 0.188 e. The number of aliphatic imine (C=N–C) groups is 1. The minimum atomic E-state index is 0. The topological polar surface area (TPSA) is 63.3 Å². The summed E-state index contributed by atoms with van der Waals surface area (Å²) in [6, 6.07) is 0. The van der Waals surface area contributed by atoms with Crippen molar-refractivity contribution in [2.24, 2.45) is 16.6 Å². The summed E-state index contributed by atoms with van der Waals surface area (Å²) in [5, 5.41) is 4.23. The van der Waals surface area contributed by atoms with E-state index in [4.69, 9.17) is 5.73 Å². The Labute approximate surface area is 124 Å². The van der Waals surface area contributed by atoms with E-state index in [0.717, 1.165) is 24.5 Å². The molecule has 0 fully saturated rings. The zero-order valence-corrected chi connectivity index (χ0v) is 13.7. The number of halogens is 1. The first-order valence-corrected chi connectivity index (χ1v) is 6.34. The Balaban J connectivity index is 0.00000256. The van der Waals surface area contributed by atoms with Gasteiger partial charge in [-0.2, -0.15) is 0 Å². The van der Waals surface area contributed by atoms with Gasteiger partial charge in [-0.3, -0.25) is 4.99 Å². The van der Waals surface area contributed by atoms with Crippen molar-refractivity contribution in [2.75, 3.05) is 13.1 Å². The number of nitrogens with one attached hydrogen (secondary N) is 1. The van der Waals surface area contributed by atoms with Crippen molar-refractivity contribution in [3.63, 3.8) is 0 Å². The van der Waals surface area contributed by atoms with Crippen molar-refractivity contribution in [1.82, 2.24) is 10.3 Å². The lowest BCUT2D eigenvalue weighted by Crippen LogP contribution is -2.33. The molecule has 0 spiro atoms. The molecule has 1 aromatic heterocycles. The molecule has 0 aliphatic rings. The molecule has 1 rings (SSSR count). The van der Waals surface area contributed by atoms with Gasteiger partial charge in [0.15, 0.2) is 5.96 Å². The molecule has 4 nitrogen and oxygen atoms in total. The third-order valence-corrected chi connectivity index (χ3v) is 2.91. The lowest BCUT2D eigenvalue weighted by molar-refractivity contribution is 0.661. The number of aryl methyl sites for hydroxylation is 1. The molecule has 0 aromatic carbocycles. The molecule has 0 atom stereocenters. The molecule has 0 aliphatic carbocycles. The number of thiazole rings is 1. The van der Waals surface area contributed by atoms with E-state index in [1.807, 2.05) is 6.20 Å². The van der Waals surface area contributed by atoms with Crippen LogP contribution in [0, 0.1) is 12.8 Å². The zero-order chi connectivity index (χ0) is 12.0. The van der Waals surface area contributed by atoms with Crippen LogP contribution in [0.5, 0.6) is 0 Å². The average Bonchev–Trinajstić information content (AvgIpc) is 2.61. The van der Waals surface area contributed by atoms with Gasteiger partial charge in [0.1, 0.15) is 0 Å². The van der Waals surface area contributed by atoms with Crippen LogP contribution < -0.4 is 11.1 Å². The number of nitrogens with zero attached hydrogens (tertiary/aromatic N) is 2. The van der Waals surface area contributed by atoms with E-state index in [-0.39, 0.29) is 24.0 Å². The first-order chi connectivity index (χ1) is 7.58. The number of aromatic nitrogens is 1. The highest BCUT2D eigenvalue weighted by atomic mass is 127. The third-order valence-electron chi connectivity index (χ3n) is 1.94. The molecule has 1 aromatic rings. The number of nitrogens with two attached hydrogens (primary N) is 1. The van der Waals surface area contributed by atoms with Gasteiger partial charge in [0.25, 0.3) is 0 Å². The van der Waals surface area contributed by atoms with E-state index in [2.05, 4.69) is 36.1 Å². The zero-order valence-electron chi connectivity index (χ0n) is 10.6. The Morgan fingerprint density at radius 3 is 2.82 bits per heavy atom. The molecule has 0 saturated carbocycles. The van der Waals surface area contributed by atoms with Crippen molar-refractivity contribution < 1.29 is 0 Å². The molecule has 0 radical (unpaired) electrons. The summed E-state index contributed by atoms with van der Waals surface area (Å²) >= 11 is 1.73. The van der Waals surface area contributed by atoms with Crippen LogP contribution in [-0.2, 0) is 6.42 Å². The van der Waals surface area contributed by atoms with Crippen molar-refractivity contribution in [2.45, 2.75) is 27.2 Å². The SMILES string of the molecule is Cc1cnc(CCNC(N)=NCC(C)C)s1.I. The summed E-state index contributed by atoms with van der Waals surface area (Å²) in [7, 11) is 0. The van der Waals surface area contributed by atoms with Crippen LogP contribution in [-0.4, -0.2) is 24.0 Å². The first kappa shape index (κ1) is 16.6. The lowest BCUT2D eigenvalue weighted by atomic mass is 10.2. The van der Waals surface area contributed by atoms with Crippen molar-refractivity contribution in [3.05, 3.63) is 16.1 Å². The van der Waals surface area contributed by atoms with Gasteiger partial charge in [-0.05, 0) is 12.8 Å². The monoisotopic (exact) mass is 368 g/mol. The molecule has 0 saturated heterocycles. The lowest BCUT2D eigenvalue weighted by Gasteiger charge is -2.05. The Morgan fingerprint density at radius 1 is 1.59 bits per heavy atom. The molecule has 0 aliphatic heterocycles. The summed E-state index contributed by atoms with van der Waals surface area (Å²) in [6.45, 7) is 7.87. The molecule has 0 unspecified atom stereocenters. The maximum absolute atomic E-state index is 5.71. The van der Waals surface area contributed by atoms with Crippen LogP contribution in [0.25, 0.3) is 0 Å². The van der Waals surface area contributed by atoms with Crippen LogP contribution >= 0.6 is 35.3 Å². The predicted octanol–water partition coefficient (Wildman–Crippen LogP) is 2.17.